The number of amides is 1. The lowest BCUT2D eigenvalue weighted by atomic mass is 10.2. The van der Waals surface area contributed by atoms with E-state index in [4.69, 9.17) is 20.9 Å². The van der Waals surface area contributed by atoms with Gasteiger partial charge in [-0.1, -0.05) is 47.9 Å². The number of halogens is 2. The molecule has 0 saturated heterocycles. The third kappa shape index (κ3) is 4.62. The molecule has 27 heavy (non-hydrogen) atoms. The summed E-state index contributed by atoms with van der Waals surface area (Å²) in [6.45, 7) is 1.79. The Balaban J connectivity index is 1.61. The Hall–Kier alpha value is -2.93. The van der Waals surface area contributed by atoms with Crippen LogP contribution in [0.3, 0.4) is 0 Å². The van der Waals surface area contributed by atoms with E-state index in [-0.39, 0.29) is 18.2 Å². The third-order valence-electron chi connectivity index (χ3n) is 3.77. The summed E-state index contributed by atoms with van der Waals surface area (Å²) in [7, 11) is 0. The van der Waals surface area contributed by atoms with Crippen molar-refractivity contribution in [2.75, 3.05) is 0 Å². The molecule has 0 aliphatic heterocycles. The van der Waals surface area contributed by atoms with Crippen molar-refractivity contribution in [2.45, 2.75) is 26.0 Å². The van der Waals surface area contributed by atoms with Gasteiger partial charge in [0.2, 0.25) is 11.7 Å². The highest BCUT2D eigenvalue weighted by Gasteiger charge is 2.20. The number of para-hydroxylation sites is 1. The van der Waals surface area contributed by atoms with E-state index in [1.165, 1.54) is 12.1 Å². The fourth-order valence-corrected chi connectivity index (χ4v) is 2.59. The van der Waals surface area contributed by atoms with Crippen molar-refractivity contribution in [3.05, 3.63) is 65.3 Å². The summed E-state index contributed by atoms with van der Waals surface area (Å²) in [5, 5.41) is 7.02. The molecule has 0 aliphatic rings. The Morgan fingerprint density at radius 1 is 1.26 bits per heavy atom. The molecule has 0 fully saturated rings. The molecule has 0 saturated carbocycles. The molecule has 1 aromatic heterocycles. The minimum absolute atomic E-state index is 0.0212. The van der Waals surface area contributed by atoms with Gasteiger partial charge in [0.25, 0.3) is 5.91 Å². The largest absolute Gasteiger partial charge is 0.478 e. The lowest BCUT2D eigenvalue weighted by Gasteiger charge is -2.17. The second-order valence-corrected chi connectivity index (χ2v) is 6.06. The van der Waals surface area contributed by atoms with Gasteiger partial charge in [-0.05, 0) is 30.7 Å². The first-order valence-electron chi connectivity index (χ1n) is 8.35. The maximum Gasteiger partial charge on any atom is 0.261 e. The average molecular weight is 390 g/mol. The summed E-state index contributed by atoms with van der Waals surface area (Å²) >= 11 is 6.11. The predicted molar refractivity (Wildman–Crippen MR) is 97.7 cm³/mol. The number of rotatable bonds is 7. The van der Waals surface area contributed by atoms with E-state index in [2.05, 4.69) is 15.5 Å². The third-order valence-corrected chi connectivity index (χ3v) is 4.10. The number of nitrogens with one attached hydrogen (secondary N) is 1. The van der Waals surface area contributed by atoms with E-state index in [1.807, 2.05) is 6.07 Å². The topological polar surface area (TPSA) is 77.2 Å². The van der Waals surface area contributed by atoms with Gasteiger partial charge < -0.3 is 14.6 Å². The summed E-state index contributed by atoms with van der Waals surface area (Å²) in [5.41, 5.74) is 0.634. The monoisotopic (exact) mass is 389 g/mol. The van der Waals surface area contributed by atoms with Crippen molar-refractivity contribution in [1.29, 1.82) is 0 Å². The van der Waals surface area contributed by atoms with E-state index >= 15 is 0 Å². The van der Waals surface area contributed by atoms with Crippen LogP contribution in [0.4, 0.5) is 4.39 Å². The van der Waals surface area contributed by atoms with E-state index in [0.29, 0.717) is 22.8 Å². The van der Waals surface area contributed by atoms with Gasteiger partial charge in [-0.25, -0.2) is 4.39 Å². The SMILES string of the molecule is CCC(Oc1ccccc1F)C(=O)NCc1nc(-c2ccccc2Cl)no1. The Bertz CT molecular complexity index is 932. The highest BCUT2D eigenvalue weighted by molar-refractivity contribution is 6.33. The number of benzene rings is 2. The lowest BCUT2D eigenvalue weighted by Crippen LogP contribution is -2.37. The van der Waals surface area contributed by atoms with E-state index < -0.39 is 17.8 Å². The maximum absolute atomic E-state index is 13.7. The normalized spacial score (nSPS) is 11.8. The first kappa shape index (κ1) is 18.8. The first-order chi connectivity index (χ1) is 13.1. The fraction of sp³-hybridized carbons (Fsp3) is 0.211. The number of carbonyl (C=O) groups excluding carboxylic acids is 1. The van der Waals surface area contributed by atoms with Crippen molar-refractivity contribution in [3.63, 3.8) is 0 Å². The van der Waals surface area contributed by atoms with Gasteiger partial charge in [-0.3, -0.25) is 4.79 Å². The molecule has 1 N–H and O–H groups in total. The zero-order valence-corrected chi connectivity index (χ0v) is 15.2. The van der Waals surface area contributed by atoms with Crippen LogP contribution in [0.2, 0.25) is 5.02 Å². The summed E-state index contributed by atoms with van der Waals surface area (Å²) in [6, 6.07) is 13.0. The predicted octanol–water partition coefficient (Wildman–Crippen LogP) is 4.00. The Morgan fingerprint density at radius 3 is 2.74 bits per heavy atom. The van der Waals surface area contributed by atoms with Crippen LogP contribution >= 0.6 is 11.6 Å². The zero-order chi connectivity index (χ0) is 19.2. The first-order valence-corrected chi connectivity index (χ1v) is 8.72. The summed E-state index contributed by atoms with van der Waals surface area (Å²) in [5.74, 6) is -0.347. The van der Waals surface area contributed by atoms with E-state index in [0.717, 1.165) is 0 Å². The van der Waals surface area contributed by atoms with E-state index in [1.54, 1.807) is 37.3 Å². The van der Waals surface area contributed by atoms with Crippen molar-refractivity contribution >= 4 is 17.5 Å². The number of carbonyl (C=O) groups is 1. The van der Waals surface area contributed by atoms with Crippen LogP contribution in [0, 0.1) is 5.82 Å². The molecule has 0 aliphatic carbocycles. The van der Waals surface area contributed by atoms with Crippen LogP contribution in [0.1, 0.15) is 19.2 Å². The number of nitrogens with zero attached hydrogens (tertiary/aromatic N) is 2. The molecular weight excluding hydrogens is 373 g/mol. The molecule has 140 valence electrons. The number of hydrogen-bond acceptors (Lipinski definition) is 5. The van der Waals surface area contributed by atoms with Gasteiger partial charge >= 0.3 is 0 Å². The Kier molecular flexibility index (Phi) is 6.03. The van der Waals surface area contributed by atoms with Crippen LogP contribution in [-0.4, -0.2) is 22.2 Å². The molecule has 2 aromatic carbocycles. The van der Waals surface area contributed by atoms with Crippen LogP contribution in [-0.2, 0) is 11.3 Å². The second kappa shape index (κ2) is 8.64. The van der Waals surface area contributed by atoms with Crippen molar-refractivity contribution in [3.8, 4) is 17.1 Å². The van der Waals surface area contributed by atoms with Crippen LogP contribution in [0.15, 0.2) is 53.1 Å². The quantitative estimate of drug-likeness (QED) is 0.660. The van der Waals surface area contributed by atoms with Gasteiger partial charge in [-0.2, -0.15) is 4.98 Å². The number of hydrogen-bond donors (Lipinski definition) is 1. The maximum atomic E-state index is 13.7. The van der Waals surface area contributed by atoms with Gasteiger partial charge in [0.15, 0.2) is 17.7 Å². The van der Waals surface area contributed by atoms with Gasteiger partial charge in [0.1, 0.15) is 0 Å². The van der Waals surface area contributed by atoms with Crippen LogP contribution < -0.4 is 10.1 Å². The molecule has 0 bridgehead atoms. The van der Waals surface area contributed by atoms with E-state index in [9.17, 15) is 9.18 Å². The minimum atomic E-state index is -0.840. The second-order valence-electron chi connectivity index (χ2n) is 5.65. The van der Waals surface area contributed by atoms with Gasteiger partial charge in [-0.15, -0.1) is 0 Å². The Morgan fingerprint density at radius 2 is 2.00 bits per heavy atom. The standard InChI is InChI=1S/C19H17ClFN3O3/c1-2-15(26-16-10-6-5-9-14(16)21)19(25)22-11-17-23-18(24-27-17)12-7-3-4-8-13(12)20/h3-10,15H,2,11H2,1H3,(H,22,25). The molecule has 0 radical (unpaired) electrons. The van der Waals surface area contributed by atoms with Crippen LogP contribution in [0.25, 0.3) is 11.4 Å². The molecule has 3 rings (SSSR count). The summed E-state index contributed by atoms with van der Waals surface area (Å²) < 4.78 is 24.3. The van der Waals surface area contributed by atoms with Gasteiger partial charge in [0.05, 0.1) is 11.6 Å². The molecule has 1 atom stereocenters. The molecule has 6 nitrogen and oxygen atoms in total. The van der Waals surface area contributed by atoms with Crippen molar-refractivity contribution in [1.82, 2.24) is 15.5 Å². The molecular formula is C19H17ClFN3O3. The minimum Gasteiger partial charge on any atom is -0.478 e. The smallest absolute Gasteiger partial charge is 0.261 e. The Labute approximate surface area is 160 Å². The fourth-order valence-electron chi connectivity index (χ4n) is 2.37. The highest BCUT2D eigenvalue weighted by Crippen LogP contribution is 2.24. The summed E-state index contributed by atoms with van der Waals surface area (Å²) in [6.07, 6.45) is -0.470. The number of aromatic nitrogens is 2. The molecule has 8 heteroatoms. The molecule has 1 amide bonds. The lowest BCUT2D eigenvalue weighted by molar-refractivity contribution is -0.128. The average Bonchev–Trinajstić information content (AvgIpc) is 3.14. The van der Waals surface area contributed by atoms with Gasteiger partial charge in [0, 0.05) is 5.56 Å². The molecule has 1 unspecified atom stereocenters. The number of ether oxygens (including phenoxy) is 1. The van der Waals surface area contributed by atoms with Crippen molar-refractivity contribution < 1.29 is 18.4 Å². The molecule has 3 aromatic rings. The zero-order valence-electron chi connectivity index (χ0n) is 14.5. The molecule has 0 spiro atoms. The van der Waals surface area contributed by atoms with Crippen LogP contribution in [0.5, 0.6) is 5.75 Å². The highest BCUT2D eigenvalue weighted by atomic mass is 35.5. The van der Waals surface area contributed by atoms with Crippen molar-refractivity contribution in [2.24, 2.45) is 0 Å². The molecule has 1 heterocycles. The summed E-state index contributed by atoms with van der Waals surface area (Å²) in [4.78, 5) is 16.5.